The molecule has 3 N–H and O–H groups in total. The van der Waals surface area contributed by atoms with Crippen LogP contribution in [-0.2, 0) is 17.4 Å². The van der Waals surface area contributed by atoms with Crippen LogP contribution in [0.3, 0.4) is 0 Å². The van der Waals surface area contributed by atoms with Gasteiger partial charge in [0, 0.05) is 14.7 Å². The first kappa shape index (κ1) is 24.7. The summed E-state index contributed by atoms with van der Waals surface area (Å²) in [5, 5.41) is 10.7. The zero-order valence-electron chi connectivity index (χ0n) is 16.7. The molecule has 0 radical (unpaired) electrons. The van der Waals surface area contributed by atoms with Crippen LogP contribution in [0.5, 0.6) is 23.0 Å². The minimum Gasteiger partial charge on any atom is -0.504 e. The van der Waals surface area contributed by atoms with Gasteiger partial charge in [0.05, 0.1) is 3.57 Å². The second kappa shape index (κ2) is 10.2. The summed E-state index contributed by atoms with van der Waals surface area (Å²) in [6.45, 7) is 8.09. The number of rotatable bonds is 8. The highest BCUT2D eigenvalue weighted by atomic mass is 127. The molecule has 0 atom stereocenters. The summed E-state index contributed by atoms with van der Waals surface area (Å²) in [5.41, 5.74) is 2.80. The van der Waals surface area contributed by atoms with Crippen LogP contribution in [0.4, 0.5) is 0 Å². The minimum atomic E-state index is -4.27. The van der Waals surface area contributed by atoms with Crippen molar-refractivity contribution in [1.29, 1.82) is 0 Å². The maximum absolute atomic E-state index is 11.2. The van der Waals surface area contributed by atoms with Crippen molar-refractivity contribution < 1.29 is 28.9 Å². The van der Waals surface area contributed by atoms with Crippen LogP contribution in [-0.4, -0.2) is 21.2 Å². The maximum Gasteiger partial charge on any atom is 0.362 e. The number of aromatic hydroxyl groups is 1. The third-order valence-corrected chi connectivity index (χ3v) is 6.88. The van der Waals surface area contributed by atoms with Crippen molar-refractivity contribution in [2.75, 3.05) is 6.35 Å². The summed E-state index contributed by atoms with van der Waals surface area (Å²) >= 11 is 4.39. The van der Waals surface area contributed by atoms with Gasteiger partial charge in [0.15, 0.2) is 17.8 Å². The van der Waals surface area contributed by atoms with Gasteiger partial charge in [0.2, 0.25) is 0 Å². The number of phenolic OH excluding ortho intramolecular Hbond substituents is 1. The van der Waals surface area contributed by atoms with E-state index in [1.165, 1.54) is 0 Å². The van der Waals surface area contributed by atoms with Crippen LogP contribution < -0.4 is 9.47 Å². The van der Waals surface area contributed by atoms with Crippen LogP contribution >= 0.6 is 52.8 Å². The number of halogens is 2. The van der Waals surface area contributed by atoms with Gasteiger partial charge in [0.25, 0.3) is 0 Å². The summed E-state index contributed by atoms with van der Waals surface area (Å²) in [5.74, 6) is 1.79. The SMILES string of the molecule is CCc1c(OCP(=O)(O)O)ccc(Oc2cc(I)c(C(C)C)c(I)c2O)c1CC. The van der Waals surface area contributed by atoms with Gasteiger partial charge in [-0.15, -0.1) is 0 Å². The molecule has 0 aliphatic rings. The Morgan fingerprint density at radius 2 is 1.59 bits per heavy atom. The molecule has 0 aliphatic heterocycles. The van der Waals surface area contributed by atoms with E-state index in [1.54, 1.807) is 12.1 Å². The predicted octanol–water partition coefficient (Wildman–Crippen LogP) is 6.16. The van der Waals surface area contributed by atoms with Crippen molar-refractivity contribution in [3.8, 4) is 23.0 Å². The smallest absolute Gasteiger partial charge is 0.362 e. The van der Waals surface area contributed by atoms with Crippen molar-refractivity contribution >= 4 is 52.8 Å². The Morgan fingerprint density at radius 1 is 1.03 bits per heavy atom. The number of ether oxygens (including phenoxy) is 2. The van der Waals surface area contributed by atoms with E-state index in [0.29, 0.717) is 30.1 Å². The first-order valence-corrected chi connectivity index (χ1v) is 13.2. The average Bonchev–Trinajstić information content (AvgIpc) is 2.63. The number of phenols is 1. The molecule has 0 aliphatic carbocycles. The normalized spacial score (nSPS) is 11.8. The second-order valence-electron chi connectivity index (χ2n) is 6.85. The topological polar surface area (TPSA) is 96.2 Å². The first-order valence-electron chi connectivity index (χ1n) is 9.20. The lowest BCUT2D eigenvalue weighted by Gasteiger charge is -2.20. The Hall–Kier alpha value is -0.550. The Morgan fingerprint density at radius 3 is 2.10 bits per heavy atom. The highest BCUT2D eigenvalue weighted by molar-refractivity contribution is 14.1. The molecule has 0 spiro atoms. The summed E-state index contributed by atoms with van der Waals surface area (Å²) in [7, 11) is -4.27. The average molecular weight is 646 g/mol. The zero-order chi connectivity index (χ0) is 21.9. The van der Waals surface area contributed by atoms with E-state index in [0.717, 1.165) is 23.8 Å². The van der Waals surface area contributed by atoms with E-state index in [9.17, 15) is 9.67 Å². The molecule has 2 rings (SSSR count). The third kappa shape index (κ3) is 6.00. The van der Waals surface area contributed by atoms with Crippen molar-refractivity contribution in [1.82, 2.24) is 0 Å². The van der Waals surface area contributed by atoms with E-state index in [2.05, 4.69) is 59.0 Å². The van der Waals surface area contributed by atoms with E-state index < -0.39 is 13.9 Å². The molecule has 2 aromatic rings. The van der Waals surface area contributed by atoms with Crippen LogP contribution in [0.15, 0.2) is 18.2 Å². The van der Waals surface area contributed by atoms with Crippen molar-refractivity contribution in [2.45, 2.75) is 46.5 Å². The van der Waals surface area contributed by atoms with Crippen LogP contribution in [0.1, 0.15) is 50.3 Å². The summed E-state index contributed by atoms with van der Waals surface area (Å²) < 4.78 is 24.4. The lowest BCUT2D eigenvalue weighted by atomic mass is 10.0. The lowest BCUT2D eigenvalue weighted by molar-refractivity contribution is 0.298. The molecule has 0 saturated carbocycles. The molecule has 0 saturated heterocycles. The number of hydrogen-bond acceptors (Lipinski definition) is 4. The van der Waals surface area contributed by atoms with Crippen molar-refractivity contribution in [3.05, 3.63) is 42.0 Å². The summed E-state index contributed by atoms with van der Waals surface area (Å²) in [6, 6.07) is 5.19. The molecule has 29 heavy (non-hydrogen) atoms. The Labute approximate surface area is 198 Å². The van der Waals surface area contributed by atoms with Crippen LogP contribution in [0, 0.1) is 7.14 Å². The molecule has 0 amide bonds. The van der Waals surface area contributed by atoms with Gasteiger partial charge < -0.3 is 24.4 Å². The van der Waals surface area contributed by atoms with Gasteiger partial charge in [-0.25, -0.2) is 0 Å². The van der Waals surface area contributed by atoms with Crippen LogP contribution in [0.25, 0.3) is 0 Å². The molecule has 0 aromatic heterocycles. The van der Waals surface area contributed by atoms with Crippen molar-refractivity contribution in [3.63, 3.8) is 0 Å². The van der Waals surface area contributed by atoms with E-state index in [4.69, 9.17) is 19.3 Å². The zero-order valence-corrected chi connectivity index (χ0v) is 21.9. The molecular formula is C20H25I2O6P. The standard InChI is InChI=1S/C20H25I2O6P/c1-5-12-13(6-2)16(8-7-15(12)27-10-29(24,25)26)28-17-9-14(21)18(11(3)4)19(22)20(17)23/h7-9,11,23H,5-6,10H2,1-4H3,(H2,24,25,26). The van der Waals surface area contributed by atoms with Crippen molar-refractivity contribution in [2.24, 2.45) is 0 Å². The van der Waals surface area contributed by atoms with Gasteiger partial charge in [-0.05, 0) is 87.7 Å². The van der Waals surface area contributed by atoms with E-state index in [1.807, 2.05) is 19.9 Å². The molecule has 0 bridgehead atoms. The fourth-order valence-corrected chi connectivity index (χ4v) is 6.31. The monoisotopic (exact) mass is 646 g/mol. The van der Waals surface area contributed by atoms with Gasteiger partial charge in [0.1, 0.15) is 11.5 Å². The largest absolute Gasteiger partial charge is 0.504 e. The fraction of sp³-hybridized carbons (Fsp3) is 0.400. The molecule has 0 fully saturated rings. The first-order chi connectivity index (χ1) is 13.5. The van der Waals surface area contributed by atoms with Gasteiger partial charge in [-0.3, -0.25) is 4.57 Å². The Kier molecular flexibility index (Phi) is 8.67. The molecule has 6 nitrogen and oxygen atoms in total. The highest BCUT2D eigenvalue weighted by Crippen LogP contribution is 2.43. The number of hydrogen-bond donors (Lipinski definition) is 3. The highest BCUT2D eigenvalue weighted by Gasteiger charge is 2.21. The summed E-state index contributed by atoms with van der Waals surface area (Å²) in [6.07, 6.45) is 0.589. The fourth-order valence-electron chi connectivity index (χ4n) is 3.14. The Balaban J connectivity index is 2.47. The van der Waals surface area contributed by atoms with Gasteiger partial charge >= 0.3 is 7.60 Å². The minimum absolute atomic E-state index is 0.108. The molecular weight excluding hydrogens is 621 g/mol. The number of benzene rings is 2. The molecule has 2 aromatic carbocycles. The van der Waals surface area contributed by atoms with E-state index >= 15 is 0 Å². The molecule has 160 valence electrons. The summed E-state index contributed by atoms with van der Waals surface area (Å²) in [4.78, 5) is 18.2. The predicted molar refractivity (Wildman–Crippen MR) is 130 cm³/mol. The quantitative estimate of drug-likeness (QED) is 0.235. The second-order valence-corrected chi connectivity index (χ2v) is 10.7. The Bertz CT molecular complexity index is 939. The molecule has 0 unspecified atom stereocenters. The molecule has 0 heterocycles. The maximum atomic E-state index is 11.2. The van der Waals surface area contributed by atoms with E-state index in [-0.39, 0.29) is 11.7 Å². The van der Waals surface area contributed by atoms with Crippen LogP contribution in [0.2, 0.25) is 0 Å². The third-order valence-electron chi connectivity index (χ3n) is 4.43. The van der Waals surface area contributed by atoms with Gasteiger partial charge in [-0.1, -0.05) is 27.7 Å². The van der Waals surface area contributed by atoms with Gasteiger partial charge in [-0.2, -0.15) is 0 Å². The molecule has 9 heteroatoms. The lowest BCUT2D eigenvalue weighted by Crippen LogP contribution is -2.05.